The van der Waals surface area contributed by atoms with Crippen LogP contribution in [0.1, 0.15) is 39.0 Å². The molecule has 0 aromatic heterocycles. The summed E-state index contributed by atoms with van der Waals surface area (Å²) in [7, 11) is 0. The van der Waals surface area contributed by atoms with Gasteiger partial charge in [0, 0.05) is 6.54 Å². The summed E-state index contributed by atoms with van der Waals surface area (Å²) in [4.78, 5) is 2.68. The zero-order valence-corrected chi connectivity index (χ0v) is 10.2. The van der Waals surface area contributed by atoms with Crippen LogP contribution in [0, 0.1) is 11.8 Å². The number of hydrogen-bond donors (Lipinski definition) is 1. The first-order valence-corrected chi connectivity index (χ1v) is 6.77. The minimum atomic E-state index is 0.934. The Morgan fingerprint density at radius 1 is 1.27 bits per heavy atom. The average Bonchev–Trinajstić information content (AvgIpc) is 2.28. The fourth-order valence-corrected chi connectivity index (χ4v) is 3.03. The number of likely N-dealkylation sites (tertiary alicyclic amines) is 1. The second kappa shape index (κ2) is 5.86. The highest BCUT2D eigenvalue weighted by Gasteiger charge is 2.18. The van der Waals surface area contributed by atoms with E-state index in [0.29, 0.717) is 0 Å². The normalized spacial score (nSPS) is 34.2. The van der Waals surface area contributed by atoms with Crippen LogP contribution in [0.25, 0.3) is 0 Å². The van der Waals surface area contributed by atoms with Crippen LogP contribution in [0.3, 0.4) is 0 Å². The summed E-state index contributed by atoms with van der Waals surface area (Å²) < 4.78 is 0. The fourth-order valence-electron chi connectivity index (χ4n) is 3.03. The van der Waals surface area contributed by atoms with Crippen molar-refractivity contribution in [3.8, 4) is 0 Å². The van der Waals surface area contributed by atoms with Crippen molar-refractivity contribution in [1.82, 2.24) is 10.2 Å². The van der Waals surface area contributed by atoms with Gasteiger partial charge in [0.05, 0.1) is 0 Å². The van der Waals surface area contributed by atoms with Crippen LogP contribution in [0.2, 0.25) is 0 Å². The molecular formula is C13H26N2. The highest BCUT2D eigenvalue weighted by molar-refractivity contribution is 4.74. The Bertz CT molecular complexity index is 175. The molecule has 2 saturated heterocycles. The summed E-state index contributed by atoms with van der Waals surface area (Å²) in [6.45, 7) is 8.95. The van der Waals surface area contributed by atoms with E-state index < -0.39 is 0 Å². The minimum absolute atomic E-state index is 0.934. The number of nitrogens with one attached hydrogen (secondary N) is 1. The molecule has 2 aliphatic rings. The van der Waals surface area contributed by atoms with Gasteiger partial charge in [0.15, 0.2) is 0 Å². The predicted molar refractivity (Wildman–Crippen MR) is 65.0 cm³/mol. The van der Waals surface area contributed by atoms with Crippen LogP contribution in [0.5, 0.6) is 0 Å². The lowest BCUT2D eigenvalue weighted by Crippen LogP contribution is -2.37. The third-order valence-electron chi connectivity index (χ3n) is 3.99. The molecule has 0 spiro atoms. The molecule has 0 saturated carbocycles. The Morgan fingerprint density at radius 2 is 2.20 bits per heavy atom. The van der Waals surface area contributed by atoms with Gasteiger partial charge in [-0.05, 0) is 70.1 Å². The first kappa shape index (κ1) is 11.4. The van der Waals surface area contributed by atoms with Crippen molar-refractivity contribution >= 4 is 0 Å². The van der Waals surface area contributed by atoms with Crippen LogP contribution in [-0.4, -0.2) is 37.6 Å². The van der Waals surface area contributed by atoms with Crippen molar-refractivity contribution in [2.45, 2.75) is 39.0 Å². The van der Waals surface area contributed by atoms with Gasteiger partial charge < -0.3 is 10.2 Å². The van der Waals surface area contributed by atoms with E-state index in [0.717, 1.165) is 11.8 Å². The molecule has 2 atom stereocenters. The summed E-state index contributed by atoms with van der Waals surface area (Å²) in [5.74, 6) is 1.89. The summed E-state index contributed by atoms with van der Waals surface area (Å²) in [6.07, 6.45) is 7.13. The van der Waals surface area contributed by atoms with Gasteiger partial charge in [-0.15, -0.1) is 0 Å². The van der Waals surface area contributed by atoms with E-state index in [1.54, 1.807) is 0 Å². The maximum absolute atomic E-state index is 3.51. The van der Waals surface area contributed by atoms with Gasteiger partial charge in [-0.1, -0.05) is 6.92 Å². The minimum Gasteiger partial charge on any atom is -0.316 e. The quantitative estimate of drug-likeness (QED) is 0.767. The first-order chi connectivity index (χ1) is 7.34. The number of piperidine rings is 2. The van der Waals surface area contributed by atoms with Crippen LogP contribution in [0.15, 0.2) is 0 Å². The number of hydrogen-bond acceptors (Lipinski definition) is 2. The molecule has 2 nitrogen and oxygen atoms in total. The molecule has 2 rings (SSSR count). The lowest BCUT2D eigenvalue weighted by Gasteiger charge is -2.32. The molecule has 2 fully saturated rings. The van der Waals surface area contributed by atoms with Crippen LogP contribution in [0.4, 0.5) is 0 Å². The van der Waals surface area contributed by atoms with E-state index in [1.165, 1.54) is 64.8 Å². The molecule has 2 heterocycles. The smallest absolute Gasteiger partial charge is 0.000703 e. The molecule has 2 aliphatic heterocycles. The fraction of sp³-hybridized carbons (Fsp3) is 1.00. The van der Waals surface area contributed by atoms with Gasteiger partial charge in [-0.3, -0.25) is 0 Å². The topological polar surface area (TPSA) is 15.3 Å². The lowest BCUT2D eigenvalue weighted by molar-refractivity contribution is 0.168. The summed E-state index contributed by atoms with van der Waals surface area (Å²) in [6, 6.07) is 0. The van der Waals surface area contributed by atoms with Gasteiger partial charge in [0.25, 0.3) is 0 Å². The molecular weight excluding hydrogens is 184 g/mol. The number of rotatable bonds is 3. The molecule has 0 aliphatic carbocycles. The van der Waals surface area contributed by atoms with Crippen LogP contribution >= 0.6 is 0 Å². The molecule has 0 amide bonds. The molecule has 88 valence electrons. The largest absolute Gasteiger partial charge is 0.316 e. The van der Waals surface area contributed by atoms with Gasteiger partial charge in [0.2, 0.25) is 0 Å². The van der Waals surface area contributed by atoms with Gasteiger partial charge >= 0.3 is 0 Å². The Labute approximate surface area is 94.4 Å². The molecule has 0 aromatic carbocycles. The van der Waals surface area contributed by atoms with Gasteiger partial charge in [0.1, 0.15) is 0 Å². The molecule has 0 unspecified atom stereocenters. The second-order valence-electron chi connectivity index (χ2n) is 5.55. The summed E-state index contributed by atoms with van der Waals surface area (Å²) in [5.41, 5.74) is 0. The Kier molecular flexibility index (Phi) is 4.45. The number of nitrogens with zero attached hydrogens (tertiary/aromatic N) is 1. The maximum Gasteiger partial charge on any atom is 0.000703 e. The SMILES string of the molecule is C[C@H]1CCCN(CC[C@H]2CCCNC2)C1. The van der Waals surface area contributed by atoms with Crippen molar-refractivity contribution in [2.75, 3.05) is 32.7 Å². The highest BCUT2D eigenvalue weighted by Crippen LogP contribution is 2.19. The Morgan fingerprint density at radius 3 is 2.93 bits per heavy atom. The first-order valence-electron chi connectivity index (χ1n) is 6.77. The van der Waals surface area contributed by atoms with Gasteiger partial charge in [-0.25, -0.2) is 0 Å². The Balaban J connectivity index is 1.63. The van der Waals surface area contributed by atoms with Crippen LogP contribution < -0.4 is 5.32 Å². The van der Waals surface area contributed by atoms with Gasteiger partial charge in [-0.2, -0.15) is 0 Å². The van der Waals surface area contributed by atoms with Crippen molar-refractivity contribution in [2.24, 2.45) is 11.8 Å². The van der Waals surface area contributed by atoms with E-state index in [2.05, 4.69) is 17.1 Å². The zero-order chi connectivity index (χ0) is 10.5. The summed E-state index contributed by atoms with van der Waals surface area (Å²) >= 11 is 0. The highest BCUT2D eigenvalue weighted by atomic mass is 15.1. The lowest BCUT2D eigenvalue weighted by atomic mass is 9.94. The third kappa shape index (κ3) is 3.76. The van der Waals surface area contributed by atoms with Crippen molar-refractivity contribution in [3.63, 3.8) is 0 Å². The standard InChI is InChI=1S/C13H26N2/c1-12-4-3-8-15(11-12)9-6-13-5-2-7-14-10-13/h12-14H,2-11H2,1H3/t12-,13+/m0/s1. The maximum atomic E-state index is 3.51. The van der Waals surface area contributed by atoms with E-state index in [9.17, 15) is 0 Å². The van der Waals surface area contributed by atoms with E-state index >= 15 is 0 Å². The second-order valence-corrected chi connectivity index (χ2v) is 5.55. The van der Waals surface area contributed by atoms with E-state index in [-0.39, 0.29) is 0 Å². The zero-order valence-electron chi connectivity index (χ0n) is 10.2. The van der Waals surface area contributed by atoms with Crippen LogP contribution in [-0.2, 0) is 0 Å². The molecule has 1 N–H and O–H groups in total. The van der Waals surface area contributed by atoms with E-state index in [4.69, 9.17) is 0 Å². The molecule has 0 bridgehead atoms. The Hall–Kier alpha value is -0.0800. The van der Waals surface area contributed by atoms with E-state index in [1.807, 2.05) is 0 Å². The molecule has 2 heteroatoms. The van der Waals surface area contributed by atoms with Crippen molar-refractivity contribution in [3.05, 3.63) is 0 Å². The molecule has 0 radical (unpaired) electrons. The monoisotopic (exact) mass is 210 g/mol. The van der Waals surface area contributed by atoms with Crippen molar-refractivity contribution < 1.29 is 0 Å². The van der Waals surface area contributed by atoms with Crippen molar-refractivity contribution in [1.29, 1.82) is 0 Å². The predicted octanol–water partition coefficient (Wildman–Crippen LogP) is 2.11. The average molecular weight is 210 g/mol. The third-order valence-corrected chi connectivity index (χ3v) is 3.99. The molecule has 15 heavy (non-hydrogen) atoms. The summed E-state index contributed by atoms with van der Waals surface area (Å²) in [5, 5.41) is 3.51. The molecule has 0 aromatic rings.